The second kappa shape index (κ2) is 7.35. The molecule has 1 N–H and O–H groups in total. The number of nitrogens with one attached hydrogen (secondary N) is 1. The second-order valence-corrected chi connectivity index (χ2v) is 5.35. The minimum Gasteiger partial charge on any atom is -0.454 e. The van der Waals surface area contributed by atoms with Crippen LogP contribution in [0.3, 0.4) is 0 Å². The van der Waals surface area contributed by atoms with Gasteiger partial charge in [0, 0.05) is 25.3 Å². The van der Waals surface area contributed by atoms with Gasteiger partial charge in [0.15, 0.2) is 17.3 Å². The van der Waals surface area contributed by atoms with Gasteiger partial charge in [-0.3, -0.25) is 4.79 Å². The highest BCUT2D eigenvalue weighted by Crippen LogP contribution is 2.37. The molecule has 1 aromatic carbocycles. The zero-order chi connectivity index (χ0) is 16.9. The van der Waals surface area contributed by atoms with Gasteiger partial charge in [-0.25, -0.2) is 0 Å². The fourth-order valence-corrected chi connectivity index (χ4v) is 2.48. The molecule has 0 atom stereocenters. The molecule has 1 aliphatic heterocycles. The lowest BCUT2D eigenvalue weighted by molar-refractivity contribution is 0.0944. The summed E-state index contributed by atoms with van der Waals surface area (Å²) in [5.41, 5.74) is 1.70. The van der Waals surface area contributed by atoms with Gasteiger partial charge in [-0.1, -0.05) is 5.16 Å². The maximum Gasteiger partial charge on any atom is 0.257 e. The lowest BCUT2D eigenvalue weighted by Crippen LogP contribution is -2.26. The van der Waals surface area contributed by atoms with Gasteiger partial charge in [0.1, 0.15) is 5.56 Å². The van der Waals surface area contributed by atoms with E-state index in [0.29, 0.717) is 48.3 Å². The first-order valence-corrected chi connectivity index (χ1v) is 7.93. The molecule has 0 radical (unpaired) electrons. The van der Waals surface area contributed by atoms with Crippen LogP contribution < -0.4 is 14.8 Å². The standard InChI is InChI=1S/C17H20N2O5/c1-3-21-8-4-7-18-17(20)15-11(2)19-24-16(15)12-5-6-13-14(9-12)23-10-22-13/h5-6,9H,3-4,7-8,10H2,1-2H3,(H,18,20). The van der Waals surface area contributed by atoms with Crippen LogP contribution in [-0.4, -0.2) is 37.6 Å². The van der Waals surface area contributed by atoms with E-state index in [1.54, 1.807) is 19.1 Å². The molecule has 0 bridgehead atoms. The van der Waals surface area contributed by atoms with Crippen LogP contribution in [0, 0.1) is 6.92 Å². The maximum absolute atomic E-state index is 12.5. The highest BCUT2D eigenvalue weighted by Gasteiger charge is 2.23. The van der Waals surface area contributed by atoms with Crippen LogP contribution >= 0.6 is 0 Å². The zero-order valence-corrected chi connectivity index (χ0v) is 13.8. The third-order valence-electron chi connectivity index (χ3n) is 3.68. The number of amides is 1. The molecule has 7 nitrogen and oxygen atoms in total. The highest BCUT2D eigenvalue weighted by atomic mass is 16.7. The fraction of sp³-hybridized carbons (Fsp3) is 0.412. The smallest absolute Gasteiger partial charge is 0.257 e. The molecule has 3 rings (SSSR count). The molecule has 1 aliphatic rings. The van der Waals surface area contributed by atoms with Crippen LogP contribution in [-0.2, 0) is 4.74 Å². The minimum absolute atomic E-state index is 0.196. The number of ether oxygens (including phenoxy) is 3. The largest absolute Gasteiger partial charge is 0.454 e. The average Bonchev–Trinajstić information content (AvgIpc) is 3.20. The molecule has 1 aromatic heterocycles. The van der Waals surface area contributed by atoms with Crippen LogP contribution in [0.1, 0.15) is 29.4 Å². The summed E-state index contributed by atoms with van der Waals surface area (Å²) in [7, 11) is 0. The summed E-state index contributed by atoms with van der Waals surface area (Å²) in [5.74, 6) is 1.52. The second-order valence-electron chi connectivity index (χ2n) is 5.35. The number of hydrogen-bond donors (Lipinski definition) is 1. The molecule has 24 heavy (non-hydrogen) atoms. The van der Waals surface area contributed by atoms with Crippen molar-refractivity contribution in [3.63, 3.8) is 0 Å². The number of rotatable bonds is 7. The van der Waals surface area contributed by atoms with Gasteiger partial charge in [0.25, 0.3) is 5.91 Å². The molecule has 0 saturated heterocycles. The van der Waals surface area contributed by atoms with Crippen LogP contribution in [0.25, 0.3) is 11.3 Å². The van der Waals surface area contributed by atoms with Crippen LogP contribution in [0.2, 0.25) is 0 Å². The fourth-order valence-electron chi connectivity index (χ4n) is 2.48. The Bertz CT molecular complexity index is 726. The summed E-state index contributed by atoms with van der Waals surface area (Å²) < 4.78 is 21.3. The predicted octanol–water partition coefficient (Wildman–Crippen LogP) is 2.54. The van der Waals surface area contributed by atoms with Gasteiger partial charge in [0.2, 0.25) is 6.79 Å². The first-order valence-electron chi connectivity index (χ1n) is 7.93. The quantitative estimate of drug-likeness (QED) is 0.785. The number of aryl methyl sites for hydroxylation is 1. The Labute approximate surface area is 139 Å². The number of aromatic nitrogens is 1. The van der Waals surface area contributed by atoms with E-state index in [2.05, 4.69) is 10.5 Å². The monoisotopic (exact) mass is 332 g/mol. The first-order chi connectivity index (χ1) is 11.7. The van der Waals surface area contributed by atoms with Crippen molar-refractivity contribution >= 4 is 5.91 Å². The van der Waals surface area contributed by atoms with Crippen molar-refractivity contribution in [2.45, 2.75) is 20.3 Å². The van der Waals surface area contributed by atoms with E-state index in [1.165, 1.54) is 0 Å². The SMILES string of the molecule is CCOCCCNC(=O)c1c(C)noc1-c1ccc2c(c1)OCO2. The summed E-state index contributed by atoms with van der Waals surface area (Å²) >= 11 is 0. The third-order valence-corrected chi connectivity index (χ3v) is 3.68. The van der Waals surface area contributed by atoms with Gasteiger partial charge in [0.05, 0.1) is 5.69 Å². The van der Waals surface area contributed by atoms with Crippen LogP contribution in [0.4, 0.5) is 0 Å². The van der Waals surface area contributed by atoms with Crippen molar-refractivity contribution in [2.24, 2.45) is 0 Å². The topological polar surface area (TPSA) is 82.8 Å². The summed E-state index contributed by atoms with van der Waals surface area (Å²) in [4.78, 5) is 12.5. The van der Waals surface area contributed by atoms with Gasteiger partial charge < -0.3 is 24.1 Å². The normalized spacial score (nSPS) is 12.4. The van der Waals surface area contributed by atoms with Gasteiger partial charge >= 0.3 is 0 Å². The third kappa shape index (κ3) is 3.35. The molecule has 0 unspecified atom stereocenters. The number of hydrogen-bond acceptors (Lipinski definition) is 6. The summed E-state index contributed by atoms with van der Waals surface area (Å²) in [6.07, 6.45) is 0.753. The van der Waals surface area contributed by atoms with E-state index >= 15 is 0 Å². The van der Waals surface area contributed by atoms with Crippen molar-refractivity contribution in [3.05, 3.63) is 29.5 Å². The molecular formula is C17H20N2O5. The lowest BCUT2D eigenvalue weighted by Gasteiger charge is -2.06. The molecule has 7 heteroatoms. The molecular weight excluding hydrogens is 312 g/mol. The van der Waals surface area contributed by atoms with E-state index in [9.17, 15) is 4.79 Å². The molecule has 0 aliphatic carbocycles. The van der Waals surface area contributed by atoms with Gasteiger partial charge in [-0.2, -0.15) is 0 Å². The van der Waals surface area contributed by atoms with Crippen LogP contribution in [0.5, 0.6) is 11.5 Å². The number of carbonyl (C=O) groups excluding carboxylic acids is 1. The first kappa shape index (κ1) is 16.3. The molecule has 2 aromatic rings. The molecule has 0 fully saturated rings. The van der Waals surface area contributed by atoms with Crippen molar-refractivity contribution in [3.8, 4) is 22.8 Å². The Hall–Kier alpha value is -2.54. The molecule has 2 heterocycles. The van der Waals surface area contributed by atoms with Crippen molar-refractivity contribution in [2.75, 3.05) is 26.6 Å². The Morgan fingerprint density at radius 1 is 1.33 bits per heavy atom. The lowest BCUT2D eigenvalue weighted by atomic mass is 10.1. The Kier molecular flexibility index (Phi) is 5.00. The average molecular weight is 332 g/mol. The van der Waals surface area contributed by atoms with Crippen LogP contribution in [0.15, 0.2) is 22.7 Å². The molecule has 0 spiro atoms. The Morgan fingerprint density at radius 2 is 2.17 bits per heavy atom. The summed E-state index contributed by atoms with van der Waals surface area (Å²) in [6, 6.07) is 5.40. The highest BCUT2D eigenvalue weighted by molar-refractivity contribution is 6.00. The van der Waals surface area contributed by atoms with Crippen molar-refractivity contribution < 1.29 is 23.5 Å². The molecule has 0 saturated carbocycles. The van der Waals surface area contributed by atoms with E-state index < -0.39 is 0 Å². The summed E-state index contributed by atoms with van der Waals surface area (Å²) in [5, 5.41) is 6.81. The number of nitrogens with zero attached hydrogens (tertiary/aromatic N) is 1. The summed E-state index contributed by atoms with van der Waals surface area (Å²) in [6.45, 7) is 5.71. The maximum atomic E-state index is 12.5. The molecule has 1 amide bonds. The van der Waals surface area contributed by atoms with E-state index in [4.69, 9.17) is 18.7 Å². The van der Waals surface area contributed by atoms with Crippen molar-refractivity contribution in [1.29, 1.82) is 0 Å². The number of carbonyl (C=O) groups is 1. The predicted molar refractivity (Wildman–Crippen MR) is 86.2 cm³/mol. The van der Waals surface area contributed by atoms with Gasteiger partial charge in [-0.05, 0) is 38.5 Å². The van der Waals surface area contributed by atoms with E-state index in [-0.39, 0.29) is 12.7 Å². The van der Waals surface area contributed by atoms with E-state index in [1.807, 2.05) is 13.0 Å². The Balaban J connectivity index is 1.75. The van der Waals surface area contributed by atoms with Crippen molar-refractivity contribution in [1.82, 2.24) is 10.5 Å². The van der Waals surface area contributed by atoms with E-state index in [0.717, 1.165) is 12.0 Å². The number of benzene rings is 1. The molecule has 128 valence electrons. The zero-order valence-electron chi connectivity index (χ0n) is 13.8. The number of fused-ring (bicyclic) bond motifs is 1. The van der Waals surface area contributed by atoms with Gasteiger partial charge in [-0.15, -0.1) is 0 Å². The minimum atomic E-state index is -0.210. The Morgan fingerprint density at radius 3 is 3.00 bits per heavy atom.